The Morgan fingerprint density at radius 3 is 1.15 bits per heavy atom. The van der Waals surface area contributed by atoms with Gasteiger partial charge in [-0.1, -0.05) is 89.9 Å². The number of hydrogen-bond acceptors (Lipinski definition) is 4. The highest BCUT2D eigenvalue weighted by molar-refractivity contribution is 7.53. The molecule has 0 heterocycles. The van der Waals surface area contributed by atoms with Crippen LogP contribution in [0.3, 0.4) is 0 Å². The molecule has 5 heteroatoms. The van der Waals surface area contributed by atoms with Crippen molar-refractivity contribution in [3.8, 4) is 0 Å². The lowest BCUT2D eigenvalue weighted by Crippen LogP contribution is -2.00. The van der Waals surface area contributed by atoms with Crippen LogP contribution in [-0.4, -0.2) is 31.1 Å². The lowest BCUT2D eigenvalue weighted by atomic mass is 10.0. The van der Waals surface area contributed by atoms with Gasteiger partial charge in [0.05, 0.1) is 19.4 Å². The second kappa shape index (κ2) is 20.8. The molecule has 0 bridgehead atoms. The minimum Gasteiger partial charge on any atom is -0.396 e. The van der Waals surface area contributed by atoms with Gasteiger partial charge in [-0.15, -0.1) is 0 Å². The van der Waals surface area contributed by atoms with E-state index in [-0.39, 0.29) is 0 Å². The summed E-state index contributed by atoms with van der Waals surface area (Å²) in [5.41, 5.74) is 0. The van der Waals surface area contributed by atoms with Crippen LogP contribution in [0, 0.1) is 0 Å². The molecule has 1 N–H and O–H groups in total. The van der Waals surface area contributed by atoms with Gasteiger partial charge in [0.15, 0.2) is 0 Å². The average Bonchev–Trinajstić information content (AvgIpc) is 2.64. The highest BCUT2D eigenvalue weighted by Gasteiger charge is 2.22. The maximum Gasteiger partial charge on any atom is 0.330 e. The van der Waals surface area contributed by atoms with Gasteiger partial charge in [-0.05, 0) is 26.7 Å². The summed E-state index contributed by atoms with van der Waals surface area (Å²) in [5, 5.41) is 8.73. The quantitative estimate of drug-likeness (QED) is 0.149. The Kier molecular flexibility index (Phi) is 20.9. The van der Waals surface area contributed by atoms with Crippen LogP contribution in [0.25, 0.3) is 0 Å². The molecular formula is C22H47O4P. The molecule has 0 rings (SSSR count). The Morgan fingerprint density at radius 2 is 0.852 bits per heavy atom. The largest absolute Gasteiger partial charge is 0.396 e. The van der Waals surface area contributed by atoms with Gasteiger partial charge in [0.25, 0.3) is 0 Å². The maximum atomic E-state index is 12.3. The molecule has 0 aliphatic heterocycles. The van der Waals surface area contributed by atoms with Crippen LogP contribution >= 0.6 is 7.60 Å². The Labute approximate surface area is 169 Å². The van der Waals surface area contributed by atoms with E-state index in [0.29, 0.717) is 26.0 Å². The molecule has 0 fully saturated rings. The van der Waals surface area contributed by atoms with Crippen molar-refractivity contribution >= 4 is 7.60 Å². The summed E-state index contributed by atoms with van der Waals surface area (Å²) in [6.07, 6.45) is 20.9. The Hall–Kier alpha value is 0.110. The molecule has 27 heavy (non-hydrogen) atoms. The van der Waals surface area contributed by atoms with Gasteiger partial charge < -0.3 is 14.2 Å². The molecule has 0 aromatic carbocycles. The van der Waals surface area contributed by atoms with Crippen LogP contribution in [0.4, 0.5) is 0 Å². The molecule has 0 aliphatic rings. The predicted octanol–water partition coefficient (Wildman–Crippen LogP) is 7.49. The number of aliphatic hydroxyl groups is 1. The fourth-order valence-electron chi connectivity index (χ4n) is 3.45. The summed E-state index contributed by atoms with van der Waals surface area (Å²) in [5.74, 6) is 0. The zero-order chi connectivity index (χ0) is 20.1. The monoisotopic (exact) mass is 406 g/mol. The average molecular weight is 407 g/mol. The zero-order valence-electron chi connectivity index (χ0n) is 18.3. The fourth-order valence-corrected chi connectivity index (χ4v) is 5.18. The first-order valence-corrected chi connectivity index (χ1v) is 13.4. The lowest BCUT2D eigenvalue weighted by Gasteiger charge is -2.16. The number of aliphatic hydroxyl groups excluding tert-OH is 1. The van der Waals surface area contributed by atoms with E-state index in [9.17, 15) is 4.57 Å². The van der Waals surface area contributed by atoms with E-state index in [0.717, 1.165) is 19.3 Å². The van der Waals surface area contributed by atoms with Gasteiger partial charge >= 0.3 is 7.60 Å². The van der Waals surface area contributed by atoms with E-state index in [1.807, 2.05) is 13.8 Å². The van der Waals surface area contributed by atoms with Crippen LogP contribution < -0.4 is 0 Å². The van der Waals surface area contributed by atoms with Crippen molar-refractivity contribution in [1.29, 1.82) is 0 Å². The molecule has 0 aliphatic carbocycles. The second-order valence-electron chi connectivity index (χ2n) is 7.55. The van der Waals surface area contributed by atoms with Gasteiger partial charge in [-0.2, -0.15) is 0 Å². The van der Waals surface area contributed by atoms with Crippen molar-refractivity contribution < 1.29 is 18.7 Å². The van der Waals surface area contributed by atoms with Crippen molar-refractivity contribution in [1.82, 2.24) is 0 Å². The first-order chi connectivity index (χ1) is 13.2. The minimum absolute atomic E-state index is 0.351. The van der Waals surface area contributed by atoms with Crippen molar-refractivity contribution in [2.45, 2.75) is 117 Å². The lowest BCUT2D eigenvalue weighted by molar-refractivity contribution is 0.219. The Balaban J connectivity index is 3.26. The van der Waals surface area contributed by atoms with E-state index in [1.54, 1.807) is 0 Å². The molecule has 4 nitrogen and oxygen atoms in total. The second-order valence-corrected chi connectivity index (χ2v) is 9.74. The van der Waals surface area contributed by atoms with Crippen LogP contribution in [0.15, 0.2) is 0 Å². The molecule has 0 unspecified atom stereocenters. The molecule has 164 valence electrons. The van der Waals surface area contributed by atoms with E-state index in [2.05, 4.69) is 0 Å². The fraction of sp³-hybridized carbons (Fsp3) is 1.00. The van der Waals surface area contributed by atoms with Crippen molar-refractivity contribution in [3.05, 3.63) is 0 Å². The maximum absolute atomic E-state index is 12.3. The van der Waals surface area contributed by atoms with Crippen molar-refractivity contribution in [2.75, 3.05) is 26.0 Å². The molecule has 0 radical (unpaired) electrons. The molecule has 0 saturated carbocycles. The summed E-state index contributed by atoms with van der Waals surface area (Å²) >= 11 is 0. The highest BCUT2D eigenvalue weighted by Crippen LogP contribution is 2.48. The molecule has 0 aromatic rings. The number of unbranched alkanes of at least 4 members (excludes halogenated alkanes) is 15. The SMILES string of the molecule is CCOP(=O)(CCCCCCCCCCCCCCCCCCO)OCC. The molecule has 0 aromatic heterocycles. The molecule has 0 amide bonds. The summed E-state index contributed by atoms with van der Waals surface area (Å²) < 4.78 is 23.0. The third-order valence-corrected chi connectivity index (χ3v) is 7.16. The van der Waals surface area contributed by atoms with Gasteiger partial charge in [0.1, 0.15) is 0 Å². The van der Waals surface area contributed by atoms with Gasteiger partial charge in [0, 0.05) is 6.61 Å². The highest BCUT2D eigenvalue weighted by atomic mass is 31.2. The van der Waals surface area contributed by atoms with E-state index >= 15 is 0 Å². The topological polar surface area (TPSA) is 55.8 Å². The van der Waals surface area contributed by atoms with E-state index < -0.39 is 7.60 Å². The first kappa shape index (κ1) is 27.1. The van der Waals surface area contributed by atoms with Crippen LogP contribution in [0.1, 0.15) is 117 Å². The summed E-state index contributed by atoms with van der Waals surface area (Å²) in [6.45, 7) is 5.01. The van der Waals surface area contributed by atoms with Crippen LogP contribution in [0.5, 0.6) is 0 Å². The molecule has 0 saturated heterocycles. The minimum atomic E-state index is -2.82. The smallest absolute Gasteiger partial charge is 0.330 e. The van der Waals surface area contributed by atoms with E-state index in [4.69, 9.17) is 14.2 Å². The zero-order valence-corrected chi connectivity index (χ0v) is 19.2. The van der Waals surface area contributed by atoms with Crippen LogP contribution in [0.2, 0.25) is 0 Å². The summed E-state index contributed by atoms with van der Waals surface area (Å²) in [4.78, 5) is 0. The molecule has 0 spiro atoms. The Bertz CT molecular complexity index is 326. The van der Waals surface area contributed by atoms with E-state index in [1.165, 1.54) is 83.5 Å². The molecule has 0 atom stereocenters. The third-order valence-electron chi connectivity index (χ3n) is 4.99. The first-order valence-electron chi connectivity index (χ1n) is 11.7. The standard InChI is InChI=1S/C22H47O4P/c1-3-25-27(24,26-4-2)22-20-18-16-14-12-10-8-6-5-7-9-11-13-15-17-19-21-23/h23H,3-22H2,1-2H3. The van der Waals surface area contributed by atoms with Crippen molar-refractivity contribution in [2.24, 2.45) is 0 Å². The summed E-state index contributed by atoms with van der Waals surface area (Å²) in [7, 11) is -2.82. The summed E-state index contributed by atoms with van der Waals surface area (Å²) in [6, 6.07) is 0. The van der Waals surface area contributed by atoms with Gasteiger partial charge in [-0.25, -0.2) is 0 Å². The van der Waals surface area contributed by atoms with Crippen LogP contribution in [-0.2, 0) is 13.6 Å². The van der Waals surface area contributed by atoms with Gasteiger partial charge in [-0.3, -0.25) is 4.57 Å². The Morgan fingerprint density at radius 1 is 0.556 bits per heavy atom. The normalized spacial score (nSPS) is 12.0. The predicted molar refractivity (Wildman–Crippen MR) is 117 cm³/mol. The number of hydrogen-bond donors (Lipinski definition) is 1. The molecular weight excluding hydrogens is 359 g/mol. The van der Waals surface area contributed by atoms with Crippen molar-refractivity contribution in [3.63, 3.8) is 0 Å². The van der Waals surface area contributed by atoms with Gasteiger partial charge in [0.2, 0.25) is 0 Å². The third kappa shape index (κ3) is 19.2. The number of rotatable bonds is 22.